The number of rotatable bonds is 8. The summed E-state index contributed by atoms with van der Waals surface area (Å²) in [4.78, 5) is 18.8. The Hall–Kier alpha value is -1.86. The molecule has 0 radical (unpaired) electrons. The Morgan fingerprint density at radius 2 is 1.57 bits per heavy atom. The summed E-state index contributed by atoms with van der Waals surface area (Å²) >= 11 is 0. The van der Waals surface area contributed by atoms with Gasteiger partial charge in [-0.1, -0.05) is 42.5 Å². The van der Waals surface area contributed by atoms with Crippen molar-refractivity contribution in [3.8, 4) is 0 Å². The minimum absolute atomic E-state index is 0. The molecule has 1 fully saturated rings. The van der Waals surface area contributed by atoms with E-state index in [9.17, 15) is 9.18 Å². The van der Waals surface area contributed by atoms with Crippen LogP contribution in [0.15, 0.2) is 54.6 Å². The second kappa shape index (κ2) is 13.4. The van der Waals surface area contributed by atoms with Gasteiger partial charge in [-0.25, -0.2) is 4.39 Å². The van der Waals surface area contributed by atoms with E-state index in [0.717, 1.165) is 13.0 Å². The van der Waals surface area contributed by atoms with Gasteiger partial charge in [0.1, 0.15) is 5.82 Å². The number of hydrogen-bond donors (Lipinski definition) is 1. The van der Waals surface area contributed by atoms with Crippen molar-refractivity contribution in [1.82, 2.24) is 9.80 Å². The van der Waals surface area contributed by atoms with E-state index in [1.807, 2.05) is 34.1 Å². The van der Waals surface area contributed by atoms with Gasteiger partial charge in [0, 0.05) is 45.8 Å². The first-order valence-electron chi connectivity index (χ1n) is 9.91. The predicted octanol–water partition coefficient (Wildman–Crippen LogP) is 2.82. The molecule has 1 aliphatic rings. The number of para-hydroxylation sites is 1. The third-order valence-electron chi connectivity index (χ3n) is 5.19. The van der Waals surface area contributed by atoms with E-state index in [1.54, 1.807) is 12.1 Å². The summed E-state index contributed by atoms with van der Waals surface area (Å²) in [5, 5.41) is 0. The van der Waals surface area contributed by atoms with E-state index >= 15 is 0 Å². The van der Waals surface area contributed by atoms with Crippen LogP contribution in [0.2, 0.25) is 0 Å². The highest BCUT2D eigenvalue weighted by Gasteiger charge is 2.23. The van der Waals surface area contributed by atoms with Crippen LogP contribution in [0.3, 0.4) is 0 Å². The SMILES string of the molecule is Cl.Cl.NCCN(CCc1ccccc1)CC(=O)N1CCN(c2ccccc2F)CC1. The van der Waals surface area contributed by atoms with Crippen LogP contribution in [-0.2, 0) is 11.2 Å². The summed E-state index contributed by atoms with van der Waals surface area (Å²) in [5.74, 6) is -0.0907. The molecular weight excluding hydrogens is 426 g/mol. The molecule has 1 saturated heterocycles. The summed E-state index contributed by atoms with van der Waals surface area (Å²) in [6, 6.07) is 17.1. The highest BCUT2D eigenvalue weighted by molar-refractivity contribution is 5.85. The lowest BCUT2D eigenvalue weighted by Crippen LogP contribution is -2.52. The van der Waals surface area contributed by atoms with Gasteiger partial charge in [-0.15, -0.1) is 24.8 Å². The number of carbonyl (C=O) groups is 1. The first-order valence-corrected chi connectivity index (χ1v) is 9.91. The molecule has 1 aliphatic heterocycles. The van der Waals surface area contributed by atoms with E-state index in [4.69, 9.17) is 5.73 Å². The molecule has 1 amide bonds. The maximum atomic E-state index is 14.0. The lowest BCUT2D eigenvalue weighted by Gasteiger charge is -2.37. The Morgan fingerprint density at radius 3 is 2.20 bits per heavy atom. The molecule has 2 aromatic carbocycles. The maximum Gasteiger partial charge on any atom is 0.236 e. The normalized spacial score (nSPS) is 13.6. The van der Waals surface area contributed by atoms with Crippen molar-refractivity contribution in [2.75, 3.05) is 57.3 Å². The van der Waals surface area contributed by atoms with Gasteiger partial charge >= 0.3 is 0 Å². The number of piperazine rings is 1. The third kappa shape index (κ3) is 7.43. The number of amides is 1. The average Bonchev–Trinajstić information content (AvgIpc) is 2.73. The van der Waals surface area contributed by atoms with E-state index in [-0.39, 0.29) is 36.5 Å². The molecule has 5 nitrogen and oxygen atoms in total. The van der Waals surface area contributed by atoms with Crippen LogP contribution in [0, 0.1) is 5.82 Å². The van der Waals surface area contributed by atoms with Gasteiger partial charge in [0.25, 0.3) is 0 Å². The topological polar surface area (TPSA) is 52.8 Å². The molecule has 0 saturated carbocycles. The van der Waals surface area contributed by atoms with Gasteiger partial charge in [0.2, 0.25) is 5.91 Å². The zero-order valence-corrected chi connectivity index (χ0v) is 18.7. The van der Waals surface area contributed by atoms with Gasteiger partial charge < -0.3 is 15.5 Å². The molecule has 2 N–H and O–H groups in total. The largest absolute Gasteiger partial charge is 0.366 e. The van der Waals surface area contributed by atoms with E-state index in [2.05, 4.69) is 17.0 Å². The Kier molecular flexibility index (Phi) is 11.7. The molecule has 1 heterocycles. The number of anilines is 1. The summed E-state index contributed by atoms with van der Waals surface area (Å²) in [5.41, 5.74) is 7.61. The molecular formula is C22H31Cl2FN4O. The smallest absolute Gasteiger partial charge is 0.236 e. The highest BCUT2D eigenvalue weighted by Crippen LogP contribution is 2.20. The van der Waals surface area contributed by atoms with Crippen molar-refractivity contribution < 1.29 is 9.18 Å². The minimum Gasteiger partial charge on any atom is -0.366 e. The van der Waals surface area contributed by atoms with Crippen LogP contribution < -0.4 is 10.6 Å². The highest BCUT2D eigenvalue weighted by atomic mass is 35.5. The monoisotopic (exact) mass is 456 g/mol. The van der Waals surface area contributed by atoms with Crippen molar-refractivity contribution in [3.63, 3.8) is 0 Å². The zero-order valence-electron chi connectivity index (χ0n) is 17.1. The molecule has 0 aliphatic carbocycles. The Labute approximate surface area is 190 Å². The lowest BCUT2D eigenvalue weighted by atomic mass is 10.1. The Bertz CT molecular complexity index is 758. The van der Waals surface area contributed by atoms with E-state index < -0.39 is 0 Å². The third-order valence-corrected chi connectivity index (χ3v) is 5.19. The molecule has 0 spiro atoms. The van der Waals surface area contributed by atoms with Crippen molar-refractivity contribution in [2.45, 2.75) is 6.42 Å². The standard InChI is InChI=1S/C22H29FN4O.2ClH/c23-20-8-4-5-9-21(20)26-14-16-27(17-15-26)22(28)18-25(13-11-24)12-10-19-6-2-1-3-7-19;;/h1-9H,10-18,24H2;2*1H. The second-order valence-electron chi connectivity index (χ2n) is 7.12. The van der Waals surface area contributed by atoms with E-state index in [1.165, 1.54) is 11.6 Å². The van der Waals surface area contributed by atoms with Crippen molar-refractivity contribution in [1.29, 1.82) is 0 Å². The fourth-order valence-corrected chi connectivity index (χ4v) is 3.58. The molecule has 166 valence electrons. The molecule has 0 bridgehead atoms. The summed E-state index contributed by atoms with van der Waals surface area (Å²) in [6.07, 6.45) is 0.898. The molecule has 8 heteroatoms. The molecule has 3 rings (SSSR count). The zero-order chi connectivity index (χ0) is 19.8. The summed E-state index contributed by atoms with van der Waals surface area (Å²) in [7, 11) is 0. The molecule has 0 atom stereocenters. The van der Waals surface area contributed by atoms with Crippen LogP contribution in [0.1, 0.15) is 5.56 Å². The number of nitrogens with two attached hydrogens (primary N) is 1. The van der Waals surface area contributed by atoms with Gasteiger partial charge in [-0.2, -0.15) is 0 Å². The first-order chi connectivity index (χ1) is 13.7. The number of benzene rings is 2. The summed E-state index contributed by atoms with van der Waals surface area (Å²) < 4.78 is 14.0. The minimum atomic E-state index is -0.211. The fraction of sp³-hybridized carbons (Fsp3) is 0.409. The average molecular weight is 457 g/mol. The number of nitrogens with zero attached hydrogens (tertiary/aromatic N) is 3. The van der Waals surface area contributed by atoms with Crippen LogP contribution in [-0.4, -0.2) is 68.1 Å². The second-order valence-corrected chi connectivity index (χ2v) is 7.12. The maximum absolute atomic E-state index is 14.0. The molecule has 30 heavy (non-hydrogen) atoms. The molecule has 0 aromatic heterocycles. The predicted molar refractivity (Wildman–Crippen MR) is 125 cm³/mol. The number of carbonyl (C=O) groups excluding carboxylic acids is 1. The lowest BCUT2D eigenvalue weighted by molar-refractivity contribution is -0.132. The van der Waals surface area contributed by atoms with Crippen LogP contribution in [0.5, 0.6) is 0 Å². The van der Waals surface area contributed by atoms with Gasteiger partial charge in [0.05, 0.1) is 12.2 Å². The van der Waals surface area contributed by atoms with Gasteiger partial charge in [-0.05, 0) is 24.1 Å². The Balaban J connectivity index is 0.00000225. The van der Waals surface area contributed by atoms with Gasteiger partial charge in [-0.3, -0.25) is 9.69 Å². The van der Waals surface area contributed by atoms with Crippen LogP contribution in [0.25, 0.3) is 0 Å². The van der Waals surface area contributed by atoms with E-state index in [0.29, 0.717) is 51.5 Å². The number of halogens is 3. The first kappa shape index (κ1) is 26.2. The number of hydrogen-bond acceptors (Lipinski definition) is 4. The van der Waals surface area contributed by atoms with Crippen LogP contribution >= 0.6 is 24.8 Å². The van der Waals surface area contributed by atoms with Crippen molar-refractivity contribution in [2.24, 2.45) is 5.73 Å². The fourth-order valence-electron chi connectivity index (χ4n) is 3.58. The quantitative estimate of drug-likeness (QED) is 0.663. The van der Waals surface area contributed by atoms with Crippen LogP contribution in [0.4, 0.5) is 10.1 Å². The van der Waals surface area contributed by atoms with Gasteiger partial charge in [0.15, 0.2) is 0 Å². The molecule has 2 aromatic rings. The van der Waals surface area contributed by atoms with Crippen molar-refractivity contribution in [3.05, 3.63) is 66.0 Å². The summed E-state index contributed by atoms with van der Waals surface area (Å²) in [6.45, 7) is 4.94. The molecule has 0 unspecified atom stereocenters. The van der Waals surface area contributed by atoms with Crippen molar-refractivity contribution >= 4 is 36.4 Å². The Morgan fingerprint density at radius 1 is 0.933 bits per heavy atom.